The van der Waals surface area contributed by atoms with Gasteiger partial charge in [0.05, 0.1) is 11.5 Å². The van der Waals surface area contributed by atoms with Crippen LogP contribution in [0, 0.1) is 10.1 Å². The molecule has 1 saturated heterocycles. The Morgan fingerprint density at radius 2 is 1.80 bits per heavy atom. The summed E-state index contributed by atoms with van der Waals surface area (Å²) < 4.78 is 0. The largest absolute Gasteiger partial charge is 0.363 e. The lowest BCUT2D eigenvalue weighted by Gasteiger charge is -2.35. The highest BCUT2D eigenvalue weighted by atomic mass is 16.6. The molecule has 0 aliphatic carbocycles. The van der Waals surface area contributed by atoms with Crippen molar-refractivity contribution >= 4 is 23.0 Å². The molecule has 1 fully saturated rings. The van der Waals surface area contributed by atoms with Gasteiger partial charge in [0, 0.05) is 50.3 Å². The molecule has 1 aliphatic heterocycles. The van der Waals surface area contributed by atoms with Crippen molar-refractivity contribution in [1.29, 1.82) is 0 Å². The maximum atomic E-state index is 12.1. The summed E-state index contributed by atoms with van der Waals surface area (Å²) in [6.45, 7) is 2.94. The van der Waals surface area contributed by atoms with Crippen molar-refractivity contribution in [3.63, 3.8) is 0 Å². The molecule has 0 saturated carbocycles. The highest BCUT2D eigenvalue weighted by molar-refractivity contribution is 5.92. The van der Waals surface area contributed by atoms with Gasteiger partial charge >= 0.3 is 0 Å². The topological polar surface area (TPSA) is 91.6 Å². The van der Waals surface area contributed by atoms with E-state index in [0.717, 1.165) is 5.69 Å². The number of nitrogens with one attached hydrogen (secondary N) is 1. The van der Waals surface area contributed by atoms with Gasteiger partial charge in [-0.25, -0.2) is 0 Å². The first-order valence-electron chi connectivity index (χ1n) is 8.04. The second-order valence-electron chi connectivity index (χ2n) is 5.79. The van der Waals surface area contributed by atoms with E-state index in [0.29, 0.717) is 38.4 Å². The molecule has 1 amide bonds. The lowest BCUT2D eigenvalue weighted by molar-refractivity contribution is -0.384. The fraction of sp³-hybridized carbons (Fsp3) is 0.294. The number of rotatable bonds is 5. The fourth-order valence-electron chi connectivity index (χ4n) is 2.87. The van der Waals surface area contributed by atoms with Crippen molar-refractivity contribution in [2.24, 2.45) is 0 Å². The van der Waals surface area contributed by atoms with E-state index in [1.54, 1.807) is 42.7 Å². The molecular weight excluding hydrogens is 322 g/mol. The number of carbonyl (C=O) groups excluding carboxylic acids is 1. The van der Waals surface area contributed by atoms with Crippen molar-refractivity contribution in [1.82, 2.24) is 9.88 Å². The molecule has 1 aromatic carbocycles. The average molecular weight is 341 g/mol. The highest BCUT2D eigenvalue weighted by Crippen LogP contribution is 2.28. The van der Waals surface area contributed by atoms with E-state index in [2.05, 4.69) is 10.3 Å². The van der Waals surface area contributed by atoms with Crippen LogP contribution in [-0.4, -0.2) is 53.4 Å². The zero-order valence-corrected chi connectivity index (χ0v) is 13.7. The van der Waals surface area contributed by atoms with Gasteiger partial charge in [-0.2, -0.15) is 0 Å². The highest BCUT2D eigenvalue weighted by Gasteiger charge is 2.24. The zero-order chi connectivity index (χ0) is 17.6. The Labute approximate surface area is 145 Å². The number of anilines is 2. The molecule has 0 spiro atoms. The number of hydrogen-bond acceptors (Lipinski definition) is 6. The summed E-state index contributed by atoms with van der Waals surface area (Å²) in [4.78, 5) is 30.8. The second kappa shape index (κ2) is 7.71. The minimum Gasteiger partial charge on any atom is -0.363 e. The van der Waals surface area contributed by atoms with Crippen LogP contribution in [0.25, 0.3) is 0 Å². The van der Waals surface area contributed by atoms with E-state index < -0.39 is 0 Å². The third kappa shape index (κ3) is 4.30. The minimum absolute atomic E-state index is 0.0784. The van der Waals surface area contributed by atoms with Crippen LogP contribution in [0.1, 0.15) is 0 Å². The van der Waals surface area contributed by atoms with Crippen molar-refractivity contribution < 1.29 is 9.72 Å². The van der Waals surface area contributed by atoms with E-state index in [4.69, 9.17) is 0 Å². The van der Waals surface area contributed by atoms with Gasteiger partial charge in [-0.1, -0.05) is 12.1 Å². The number of pyridine rings is 1. The van der Waals surface area contributed by atoms with E-state index in [1.165, 1.54) is 6.07 Å². The zero-order valence-electron chi connectivity index (χ0n) is 13.7. The van der Waals surface area contributed by atoms with Gasteiger partial charge in [0.1, 0.15) is 5.69 Å². The third-order valence-electron chi connectivity index (χ3n) is 4.12. The van der Waals surface area contributed by atoms with Gasteiger partial charge in [0.2, 0.25) is 5.91 Å². The summed E-state index contributed by atoms with van der Waals surface area (Å²) in [6.07, 6.45) is 3.25. The van der Waals surface area contributed by atoms with Crippen molar-refractivity contribution in [3.05, 3.63) is 58.9 Å². The smallest absolute Gasteiger partial charge is 0.292 e. The van der Waals surface area contributed by atoms with E-state index in [-0.39, 0.29) is 16.5 Å². The van der Waals surface area contributed by atoms with Gasteiger partial charge < -0.3 is 10.2 Å². The number of hydrogen-bond donors (Lipinski definition) is 1. The van der Waals surface area contributed by atoms with E-state index >= 15 is 0 Å². The average Bonchev–Trinajstić information content (AvgIpc) is 2.63. The lowest BCUT2D eigenvalue weighted by Crippen LogP contribution is -2.48. The first kappa shape index (κ1) is 16.8. The molecule has 2 aromatic rings. The van der Waals surface area contributed by atoms with Crippen molar-refractivity contribution in [2.45, 2.75) is 0 Å². The Balaban J connectivity index is 1.54. The van der Waals surface area contributed by atoms with Crippen molar-refractivity contribution in [3.8, 4) is 0 Å². The molecule has 1 aliphatic rings. The number of aromatic nitrogens is 1. The summed E-state index contributed by atoms with van der Waals surface area (Å²) in [5.74, 6) is -0.0784. The molecule has 1 aromatic heterocycles. The summed E-state index contributed by atoms with van der Waals surface area (Å²) >= 11 is 0. The summed E-state index contributed by atoms with van der Waals surface area (Å²) in [7, 11) is 0. The summed E-state index contributed by atoms with van der Waals surface area (Å²) in [5.41, 5.74) is 1.47. The maximum absolute atomic E-state index is 12.1. The maximum Gasteiger partial charge on any atom is 0.292 e. The monoisotopic (exact) mass is 341 g/mol. The van der Waals surface area contributed by atoms with Gasteiger partial charge in [0.15, 0.2) is 0 Å². The number of para-hydroxylation sites is 2. The molecule has 3 rings (SSSR count). The molecule has 0 radical (unpaired) electrons. The molecule has 130 valence electrons. The molecule has 0 unspecified atom stereocenters. The number of amides is 1. The van der Waals surface area contributed by atoms with Crippen LogP contribution in [-0.2, 0) is 4.79 Å². The molecule has 8 heteroatoms. The number of nitrogens with zero attached hydrogens (tertiary/aromatic N) is 4. The normalized spacial score (nSPS) is 15.0. The third-order valence-corrected chi connectivity index (χ3v) is 4.12. The van der Waals surface area contributed by atoms with Gasteiger partial charge in [-0.15, -0.1) is 0 Å². The molecule has 0 bridgehead atoms. The molecule has 0 atom stereocenters. The Bertz CT molecular complexity index is 745. The molecule has 8 nitrogen and oxygen atoms in total. The SMILES string of the molecule is O=C(CN1CCN(c2ccccc2[N+](=O)[O-])CC1)Nc1ccncc1. The van der Waals surface area contributed by atoms with Crippen LogP contribution in [0.5, 0.6) is 0 Å². The van der Waals surface area contributed by atoms with Crippen LogP contribution in [0.15, 0.2) is 48.8 Å². The Morgan fingerprint density at radius 3 is 2.48 bits per heavy atom. The lowest BCUT2D eigenvalue weighted by atomic mass is 10.2. The van der Waals surface area contributed by atoms with Crippen LogP contribution < -0.4 is 10.2 Å². The fourth-order valence-corrected chi connectivity index (χ4v) is 2.87. The van der Waals surface area contributed by atoms with Crippen molar-refractivity contribution in [2.75, 3.05) is 42.9 Å². The molecule has 25 heavy (non-hydrogen) atoms. The summed E-state index contributed by atoms with van der Waals surface area (Å²) in [5, 5.41) is 14.0. The van der Waals surface area contributed by atoms with Crippen LogP contribution in [0.4, 0.5) is 17.1 Å². The first-order valence-corrected chi connectivity index (χ1v) is 8.04. The van der Waals surface area contributed by atoms with E-state index in [1.807, 2.05) is 9.80 Å². The molecular formula is C17H19N5O3. The Hall–Kier alpha value is -3.00. The summed E-state index contributed by atoms with van der Waals surface area (Å²) in [6, 6.07) is 10.2. The van der Waals surface area contributed by atoms with Gasteiger partial charge in [-0.3, -0.25) is 24.8 Å². The van der Waals surface area contributed by atoms with Gasteiger partial charge in [-0.05, 0) is 18.2 Å². The quantitative estimate of drug-likeness (QED) is 0.658. The molecule has 2 heterocycles. The predicted molar refractivity (Wildman–Crippen MR) is 94.6 cm³/mol. The number of carbonyl (C=O) groups is 1. The Morgan fingerprint density at radius 1 is 1.12 bits per heavy atom. The van der Waals surface area contributed by atoms with Crippen LogP contribution in [0.3, 0.4) is 0 Å². The number of benzene rings is 1. The van der Waals surface area contributed by atoms with Crippen LogP contribution >= 0.6 is 0 Å². The Kier molecular flexibility index (Phi) is 5.20. The van der Waals surface area contributed by atoms with E-state index in [9.17, 15) is 14.9 Å². The first-order chi connectivity index (χ1) is 12.1. The number of nitro benzene ring substituents is 1. The minimum atomic E-state index is -0.357. The molecule has 1 N–H and O–H groups in total. The number of nitro groups is 1. The standard InChI is InChI=1S/C17H19N5O3/c23-17(19-14-5-7-18-8-6-14)13-20-9-11-21(12-10-20)15-3-1-2-4-16(15)22(24)25/h1-8H,9-13H2,(H,18,19,23). The predicted octanol–water partition coefficient (Wildman–Crippen LogP) is 1.75. The number of piperazine rings is 1. The van der Waals surface area contributed by atoms with Gasteiger partial charge in [0.25, 0.3) is 5.69 Å². The second-order valence-corrected chi connectivity index (χ2v) is 5.79. The van der Waals surface area contributed by atoms with Crippen LogP contribution in [0.2, 0.25) is 0 Å².